The lowest BCUT2D eigenvalue weighted by atomic mass is 10.1. The molecule has 5 heteroatoms. The number of hydrogen-bond acceptors (Lipinski definition) is 5. The Morgan fingerprint density at radius 1 is 1.11 bits per heavy atom. The van der Waals surface area contributed by atoms with E-state index in [1.54, 1.807) is 48.6 Å². The largest absolute Gasteiger partial charge is 0.452 e. The lowest BCUT2D eigenvalue weighted by Gasteiger charge is -2.10. The summed E-state index contributed by atoms with van der Waals surface area (Å²) in [7, 11) is 0. The summed E-state index contributed by atoms with van der Waals surface area (Å²) in [6.07, 6.45) is 1.76. The maximum Gasteiger partial charge on any atom is 0.343 e. The first-order valence-corrected chi connectivity index (χ1v) is 9.73. The number of esters is 1. The monoisotopic (exact) mass is 390 g/mol. The Morgan fingerprint density at radius 3 is 2.64 bits per heavy atom. The fourth-order valence-corrected chi connectivity index (χ4v) is 3.91. The summed E-state index contributed by atoms with van der Waals surface area (Å²) in [6.45, 7) is 5.69. The first kappa shape index (κ1) is 18.2. The summed E-state index contributed by atoms with van der Waals surface area (Å²) >= 11 is 1.55. The second kappa shape index (κ2) is 7.09. The quantitative estimate of drug-likeness (QED) is 0.336. The molecule has 1 aliphatic rings. The van der Waals surface area contributed by atoms with E-state index in [-0.39, 0.29) is 11.5 Å². The van der Waals surface area contributed by atoms with Crippen molar-refractivity contribution < 1.29 is 19.1 Å². The van der Waals surface area contributed by atoms with Crippen molar-refractivity contribution in [3.05, 3.63) is 86.3 Å². The number of ether oxygens (including phenoxy) is 2. The van der Waals surface area contributed by atoms with E-state index in [1.165, 1.54) is 0 Å². The van der Waals surface area contributed by atoms with Crippen LogP contribution in [0.25, 0.3) is 6.08 Å². The van der Waals surface area contributed by atoms with Gasteiger partial charge in [-0.15, -0.1) is 11.3 Å². The zero-order chi connectivity index (χ0) is 19.8. The molecular weight excluding hydrogens is 372 g/mol. The lowest BCUT2D eigenvalue weighted by Crippen LogP contribution is -2.09. The Bertz CT molecular complexity index is 1140. The normalized spacial score (nSPS) is 14.1. The molecule has 1 aromatic heterocycles. The van der Waals surface area contributed by atoms with E-state index in [0.29, 0.717) is 28.2 Å². The summed E-state index contributed by atoms with van der Waals surface area (Å²) in [5.41, 5.74) is 3.65. The molecule has 4 rings (SSSR count). The van der Waals surface area contributed by atoms with Crippen LogP contribution in [0.3, 0.4) is 0 Å². The van der Waals surface area contributed by atoms with Crippen LogP contribution in [0.5, 0.6) is 11.5 Å². The number of carbonyl (C=O) groups excluding carboxylic acids is 2. The molecule has 0 N–H and O–H groups in total. The van der Waals surface area contributed by atoms with Gasteiger partial charge in [0.15, 0.2) is 5.76 Å². The maximum atomic E-state index is 12.7. The molecule has 28 heavy (non-hydrogen) atoms. The number of rotatable bonds is 3. The van der Waals surface area contributed by atoms with Crippen LogP contribution in [-0.4, -0.2) is 11.8 Å². The molecule has 0 unspecified atom stereocenters. The van der Waals surface area contributed by atoms with Gasteiger partial charge in [-0.3, -0.25) is 4.79 Å². The van der Waals surface area contributed by atoms with Gasteiger partial charge in [-0.1, -0.05) is 17.7 Å². The van der Waals surface area contributed by atoms with Crippen molar-refractivity contribution in [1.82, 2.24) is 0 Å². The van der Waals surface area contributed by atoms with Gasteiger partial charge in [0.1, 0.15) is 11.5 Å². The van der Waals surface area contributed by atoms with Gasteiger partial charge in [-0.05, 0) is 62.0 Å². The second-order valence-electron chi connectivity index (χ2n) is 6.73. The maximum absolute atomic E-state index is 12.7. The predicted molar refractivity (Wildman–Crippen MR) is 109 cm³/mol. The fourth-order valence-electron chi connectivity index (χ4n) is 3.06. The van der Waals surface area contributed by atoms with E-state index in [1.807, 2.05) is 37.4 Å². The van der Waals surface area contributed by atoms with Crippen molar-refractivity contribution in [2.45, 2.75) is 20.8 Å². The van der Waals surface area contributed by atoms with Crippen molar-refractivity contribution in [3.8, 4) is 11.5 Å². The van der Waals surface area contributed by atoms with Crippen molar-refractivity contribution >= 4 is 29.2 Å². The number of thiophene rings is 1. The number of fused-ring (bicyclic) bond motifs is 1. The summed E-state index contributed by atoms with van der Waals surface area (Å²) in [4.78, 5) is 26.1. The van der Waals surface area contributed by atoms with Gasteiger partial charge in [0.25, 0.3) is 0 Å². The minimum absolute atomic E-state index is 0.164. The van der Waals surface area contributed by atoms with Gasteiger partial charge in [0.05, 0.1) is 11.1 Å². The number of Topliss-reactive ketones (excluding diaryl/α,β-unsaturated/α-hetero) is 1. The zero-order valence-electron chi connectivity index (χ0n) is 15.7. The van der Waals surface area contributed by atoms with Crippen molar-refractivity contribution in [2.75, 3.05) is 0 Å². The van der Waals surface area contributed by atoms with Crippen molar-refractivity contribution in [1.29, 1.82) is 0 Å². The summed E-state index contributed by atoms with van der Waals surface area (Å²) in [5, 5.41) is 1.97. The third kappa shape index (κ3) is 3.25. The van der Waals surface area contributed by atoms with Crippen molar-refractivity contribution in [3.63, 3.8) is 0 Å². The van der Waals surface area contributed by atoms with Gasteiger partial charge in [0, 0.05) is 16.5 Å². The van der Waals surface area contributed by atoms with Gasteiger partial charge in [-0.25, -0.2) is 4.79 Å². The van der Waals surface area contributed by atoms with Crippen LogP contribution in [0.15, 0.2) is 53.6 Å². The van der Waals surface area contributed by atoms with Crippen LogP contribution in [0.1, 0.15) is 42.3 Å². The minimum Gasteiger partial charge on any atom is -0.452 e. The summed E-state index contributed by atoms with van der Waals surface area (Å²) in [5.74, 6) is 0.501. The number of aryl methyl sites for hydroxylation is 2. The van der Waals surface area contributed by atoms with Crippen LogP contribution >= 0.6 is 11.3 Å². The van der Waals surface area contributed by atoms with Crippen LogP contribution < -0.4 is 9.47 Å². The van der Waals surface area contributed by atoms with E-state index in [2.05, 4.69) is 0 Å². The van der Waals surface area contributed by atoms with Crippen LogP contribution in [0, 0.1) is 20.8 Å². The standard InChI is InChI=1S/C23H18O4S/c1-13-5-4-6-16(11-13)23(25)27-18-8-7-17-21(24)19(26-22(17)15(18)3)12-20-14(2)9-10-28-20/h4-12H,1-3H3/b19-12-. The van der Waals surface area contributed by atoms with E-state index in [4.69, 9.17) is 9.47 Å². The molecule has 0 saturated carbocycles. The Kier molecular flexibility index (Phi) is 4.61. The molecule has 0 bridgehead atoms. The number of hydrogen-bond donors (Lipinski definition) is 0. The smallest absolute Gasteiger partial charge is 0.343 e. The highest BCUT2D eigenvalue weighted by molar-refractivity contribution is 7.11. The topological polar surface area (TPSA) is 52.6 Å². The number of carbonyl (C=O) groups is 2. The SMILES string of the molecule is Cc1cccc(C(=O)Oc2ccc3c(c2C)O/C(=C\c2sccc2C)C3=O)c1. The molecular formula is C23H18O4S. The molecule has 0 aliphatic carbocycles. The average Bonchev–Trinajstić information content (AvgIpc) is 3.22. The molecule has 0 amide bonds. The molecule has 0 spiro atoms. The molecule has 140 valence electrons. The number of allylic oxidation sites excluding steroid dienone is 1. The highest BCUT2D eigenvalue weighted by atomic mass is 32.1. The third-order valence-corrected chi connectivity index (χ3v) is 5.62. The molecule has 2 aromatic carbocycles. The first-order valence-electron chi connectivity index (χ1n) is 8.85. The van der Waals surface area contributed by atoms with Gasteiger partial charge >= 0.3 is 5.97 Å². The van der Waals surface area contributed by atoms with Crippen LogP contribution in [0.2, 0.25) is 0 Å². The van der Waals surface area contributed by atoms with Crippen LogP contribution in [-0.2, 0) is 0 Å². The van der Waals surface area contributed by atoms with Crippen molar-refractivity contribution in [2.24, 2.45) is 0 Å². The number of benzene rings is 2. The fraction of sp³-hybridized carbons (Fsp3) is 0.130. The Labute approximate surface area is 167 Å². The number of ketones is 1. The predicted octanol–water partition coefficient (Wildman–Crippen LogP) is 5.51. The Balaban J connectivity index is 1.63. The first-order chi connectivity index (χ1) is 13.4. The highest BCUT2D eigenvalue weighted by Gasteiger charge is 2.30. The average molecular weight is 390 g/mol. The molecule has 2 heterocycles. The molecule has 4 nitrogen and oxygen atoms in total. The molecule has 1 aliphatic heterocycles. The van der Waals surface area contributed by atoms with E-state index in [9.17, 15) is 9.59 Å². The Morgan fingerprint density at radius 2 is 1.93 bits per heavy atom. The van der Waals surface area contributed by atoms with E-state index in [0.717, 1.165) is 16.0 Å². The zero-order valence-corrected chi connectivity index (χ0v) is 16.6. The van der Waals surface area contributed by atoms with E-state index >= 15 is 0 Å². The van der Waals surface area contributed by atoms with Gasteiger partial charge < -0.3 is 9.47 Å². The molecule has 0 radical (unpaired) electrons. The van der Waals surface area contributed by atoms with Gasteiger partial charge in [0.2, 0.25) is 5.78 Å². The Hall–Kier alpha value is -3.18. The minimum atomic E-state index is -0.443. The second-order valence-corrected chi connectivity index (χ2v) is 7.68. The van der Waals surface area contributed by atoms with Gasteiger partial charge in [-0.2, -0.15) is 0 Å². The van der Waals surface area contributed by atoms with E-state index < -0.39 is 5.97 Å². The van der Waals surface area contributed by atoms with Crippen LogP contribution in [0.4, 0.5) is 0 Å². The molecule has 0 atom stereocenters. The third-order valence-electron chi connectivity index (χ3n) is 4.66. The summed E-state index contributed by atoms with van der Waals surface area (Å²) in [6, 6.07) is 12.5. The molecule has 0 fully saturated rings. The highest BCUT2D eigenvalue weighted by Crippen LogP contribution is 2.39. The molecule has 3 aromatic rings. The molecule has 0 saturated heterocycles. The lowest BCUT2D eigenvalue weighted by molar-refractivity contribution is 0.0733. The summed E-state index contributed by atoms with van der Waals surface area (Å²) < 4.78 is 11.4.